The van der Waals surface area contributed by atoms with E-state index < -0.39 is 0 Å². The van der Waals surface area contributed by atoms with Gasteiger partial charge >= 0.3 is 0 Å². The summed E-state index contributed by atoms with van der Waals surface area (Å²) >= 11 is 5.29. The molecule has 3 heteroatoms. The molecule has 1 rings (SSSR count). The molecule has 0 aromatic heterocycles. The summed E-state index contributed by atoms with van der Waals surface area (Å²) in [6.07, 6.45) is 3.68. The zero-order valence-electron chi connectivity index (χ0n) is 10.7. The highest BCUT2D eigenvalue weighted by atomic mass is 79.9. The van der Waals surface area contributed by atoms with Gasteiger partial charge in [0.1, 0.15) is 0 Å². The van der Waals surface area contributed by atoms with Gasteiger partial charge in [-0.15, -0.1) is 11.8 Å². The summed E-state index contributed by atoms with van der Waals surface area (Å²) in [6.45, 7) is 4.53. The summed E-state index contributed by atoms with van der Waals surface area (Å²) in [7, 11) is 0. The van der Waals surface area contributed by atoms with Crippen molar-refractivity contribution in [2.24, 2.45) is 11.7 Å². The Kier molecular flexibility index (Phi) is 7.24. The first-order valence-corrected chi connectivity index (χ1v) is 7.99. The average molecular weight is 316 g/mol. The number of benzene rings is 1. The Labute approximate surface area is 118 Å². The van der Waals surface area contributed by atoms with E-state index in [0.717, 1.165) is 22.6 Å². The molecule has 17 heavy (non-hydrogen) atoms. The van der Waals surface area contributed by atoms with Crippen molar-refractivity contribution < 1.29 is 0 Å². The standard InChI is InChI=1S/C14H22BrNS/c1-11(2)4-3-5-13(16)10-17-14-8-6-12(15)7-9-14/h6-9,11,13H,3-5,10,16H2,1-2H3. The molecule has 0 aliphatic heterocycles. The van der Waals surface area contributed by atoms with E-state index in [4.69, 9.17) is 5.73 Å². The van der Waals surface area contributed by atoms with Crippen LogP contribution in [0.25, 0.3) is 0 Å². The number of rotatable bonds is 7. The summed E-state index contributed by atoms with van der Waals surface area (Å²) in [4.78, 5) is 1.30. The minimum Gasteiger partial charge on any atom is -0.327 e. The summed E-state index contributed by atoms with van der Waals surface area (Å²) in [5, 5.41) is 0. The van der Waals surface area contributed by atoms with Gasteiger partial charge in [-0.3, -0.25) is 0 Å². The zero-order chi connectivity index (χ0) is 12.7. The second-order valence-electron chi connectivity index (χ2n) is 4.85. The maximum atomic E-state index is 6.11. The number of halogens is 1. The first-order chi connectivity index (χ1) is 8.08. The van der Waals surface area contributed by atoms with Gasteiger partial charge in [0.15, 0.2) is 0 Å². The van der Waals surface area contributed by atoms with Crippen LogP contribution >= 0.6 is 27.7 Å². The fraction of sp³-hybridized carbons (Fsp3) is 0.571. The van der Waals surface area contributed by atoms with E-state index in [-0.39, 0.29) is 0 Å². The highest BCUT2D eigenvalue weighted by Crippen LogP contribution is 2.22. The Balaban J connectivity index is 2.19. The highest BCUT2D eigenvalue weighted by Gasteiger charge is 2.04. The van der Waals surface area contributed by atoms with Crippen molar-refractivity contribution in [3.05, 3.63) is 28.7 Å². The van der Waals surface area contributed by atoms with Crippen LogP contribution in [0.5, 0.6) is 0 Å². The Bertz CT molecular complexity index is 311. The summed E-state index contributed by atoms with van der Waals surface area (Å²) < 4.78 is 1.13. The molecule has 0 heterocycles. The van der Waals surface area contributed by atoms with Crippen LogP contribution in [0, 0.1) is 5.92 Å². The monoisotopic (exact) mass is 315 g/mol. The van der Waals surface area contributed by atoms with Gasteiger partial charge in [-0.25, -0.2) is 0 Å². The first kappa shape index (κ1) is 15.1. The van der Waals surface area contributed by atoms with E-state index in [1.54, 1.807) is 0 Å². The van der Waals surface area contributed by atoms with Crippen LogP contribution in [-0.4, -0.2) is 11.8 Å². The van der Waals surface area contributed by atoms with E-state index in [9.17, 15) is 0 Å². The molecule has 1 atom stereocenters. The van der Waals surface area contributed by atoms with E-state index in [1.165, 1.54) is 17.7 Å². The predicted molar refractivity (Wildman–Crippen MR) is 81.5 cm³/mol. The predicted octanol–water partition coefficient (Wildman–Crippen LogP) is 4.69. The first-order valence-electron chi connectivity index (χ1n) is 6.22. The van der Waals surface area contributed by atoms with Crippen LogP contribution < -0.4 is 5.73 Å². The molecule has 1 aromatic carbocycles. The molecule has 0 saturated heterocycles. The summed E-state index contributed by atoms with van der Waals surface area (Å²) in [6, 6.07) is 8.74. The molecule has 1 nitrogen and oxygen atoms in total. The largest absolute Gasteiger partial charge is 0.327 e. The molecule has 2 N–H and O–H groups in total. The van der Waals surface area contributed by atoms with Gasteiger partial charge in [0.05, 0.1) is 0 Å². The van der Waals surface area contributed by atoms with Gasteiger partial charge < -0.3 is 5.73 Å². The molecular formula is C14H22BrNS. The fourth-order valence-electron chi connectivity index (χ4n) is 1.61. The molecule has 0 spiro atoms. The van der Waals surface area contributed by atoms with E-state index in [2.05, 4.69) is 54.0 Å². The molecule has 0 fully saturated rings. The van der Waals surface area contributed by atoms with E-state index in [1.807, 2.05) is 11.8 Å². The lowest BCUT2D eigenvalue weighted by Crippen LogP contribution is -2.22. The lowest BCUT2D eigenvalue weighted by molar-refractivity contribution is 0.513. The summed E-state index contributed by atoms with van der Waals surface area (Å²) in [5.74, 6) is 1.81. The Morgan fingerprint density at radius 2 is 1.82 bits per heavy atom. The quantitative estimate of drug-likeness (QED) is 0.738. The Hall–Kier alpha value is 0.01000. The third kappa shape index (κ3) is 7.12. The minimum absolute atomic E-state index is 0.322. The molecule has 0 bridgehead atoms. The maximum absolute atomic E-state index is 6.11. The molecule has 0 amide bonds. The number of thioether (sulfide) groups is 1. The van der Waals surface area contributed by atoms with Crippen LogP contribution in [0.15, 0.2) is 33.6 Å². The van der Waals surface area contributed by atoms with Gasteiger partial charge in [-0.2, -0.15) is 0 Å². The topological polar surface area (TPSA) is 26.0 Å². The lowest BCUT2D eigenvalue weighted by atomic mass is 10.0. The van der Waals surface area contributed by atoms with Crippen LogP contribution in [0.2, 0.25) is 0 Å². The third-order valence-corrected chi connectivity index (χ3v) is 4.36. The molecule has 1 aromatic rings. The second kappa shape index (κ2) is 8.17. The third-order valence-electron chi connectivity index (χ3n) is 2.63. The van der Waals surface area contributed by atoms with Crippen LogP contribution in [-0.2, 0) is 0 Å². The van der Waals surface area contributed by atoms with Crippen molar-refractivity contribution in [1.82, 2.24) is 0 Å². The molecule has 0 saturated carbocycles. The second-order valence-corrected chi connectivity index (χ2v) is 6.86. The normalized spacial score (nSPS) is 13.0. The van der Waals surface area contributed by atoms with Crippen molar-refractivity contribution >= 4 is 27.7 Å². The summed E-state index contributed by atoms with van der Waals surface area (Å²) in [5.41, 5.74) is 6.11. The smallest absolute Gasteiger partial charge is 0.0176 e. The maximum Gasteiger partial charge on any atom is 0.0176 e. The van der Waals surface area contributed by atoms with Gasteiger partial charge in [0.2, 0.25) is 0 Å². The zero-order valence-corrected chi connectivity index (χ0v) is 13.1. The molecule has 0 aliphatic rings. The minimum atomic E-state index is 0.322. The van der Waals surface area contributed by atoms with Gasteiger partial charge in [0.25, 0.3) is 0 Å². The molecule has 0 aliphatic carbocycles. The van der Waals surface area contributed by atoms with E-state index >= 15 is 0 Å². The number of hydrogen-bond acceptors (Lipinski definition) is 2. The van der Waals surface area contributed by atoms with Crippen LogP contribution in [0.3, 0.4) is 0 Å². The highest BCUT2D eigenvalue weighted by molar-refractivity contribution is 9.10. The number of hydrogen-bond donors (Lipinski definition) is 1. The fourth-order valence-corrected chi connectivity index (χ4v) is 2.77. The van der Waals surface area contributed by atoms with Gasteiger partial charge in [-0.1, -0.05) is 42.6 Å². The van der Waals surface area contributed by atoms with Crippen molar-refractivity contribution in [2.45, 2.75) is 44.0 Å². The SMILES string of the molecule is CC(C)CCCC(N)CSc1ccc(Br)cc1. The lowest BCUT2D eigenvalue weighted by Gasteiger charge is -2.12. The molecular weight excluding hydrogens is 294 g/mol. The van der Waals surface area contributed by atoms with Crippen molar-refractivity contribution in [3.63, 3.8) is 0 Å². The van der Waals surface area contributed by atoms with E-state index in [0.29, 0.717) is 6.04 Å². The van der Waals surface area contributed by atoms with Crippen molar-refractivity contribution in [1.29, 1.82) is 0 Å². The van der Waals surface area contributed by atoms with Crippen LogP contribution in [0.1, 0.15) is 33.1 Å². The van der Waals surface area contributed by atoms with Gasteiger partial charge in [-0.05, 0) is 36.6 Å². The van der Waals surface area contributed by atoms with Crippen molar-refractivity contribution in [3.8, 4) is 0 Å². The molecule has 0 radical (unpaired) electrons. The number of nitrogens with two attached hydrogens (primary N) is 1. The molecule has 96 valence electrons. The molecule has 1 unspecified atom stereocenters. The average Bonchev–Trinajstić information content (AvgIpc) is 2.28. The van der Waals surface area contributed by atoms with Crippen molar-refractivity contribution in [2.75, 3.05) is 5.75 Å². The van der Waals surface area contributed by atoms with Crippen LogP contribution in [0.4, 0.5) is 0 Å². The Morgan fingerprint density at radius 3 is 2.41 bits per heavy atom. The van der Waals surface area contributed by atoms with Gasteiger partial charge in [0, 0.05) is 21.2 Å². The Morgan fingerprint density at radius 1 is 1.18 bits per heavy atom.